The minimum Gasteiger partial charge on any atom is -0.388 e. The molecular formula is C12H21NO. The third-order valence-corrected chi connectivity index (χ3v) is 3.84. The molecule has 1 aliphatic rings. The lowest BCUT2D eigenvalue weighted by Gasteiger charge is -2.40. The van der Waals surface area contributed by atoms with Crippen molar-refractivity contribution in [3.05, 3.63) is 0 Å². The van der Waals surface area contributed by atoms with E-state index in [1.807, 2.05) is 0 Å². The van der Waals surface area contributed by atoms with E-state index in [0.29, 0.717) is 0 Å². The molecule has 0 aromatic heterocycles. The van der Waals surface area contributed by atoms with Crippen molar-refractivity contribution >= 4 is 0 Å². The molecule has 0 heterocycles. The van der Waals surface area contributed by atoms with Crippen molar-refractivity contribution in [2.24, 2.45) is 11.3 Å². The first kappa shape index (κ1) is 11.5. The summed E-state index contributed by atoms with van der Waals surface area (Å²) in [5.41, 5.74) is -0.847. The minimum absolute atomic E-state index is 0.0947. The van der Waals surface area contributed by atoms with Gasteiger partial charge in [-0.25, -0.2) is 0 Å². The van der Waals surface area contributed by atoms with Gasteiger partial charge in [-0.15, -0.1) is 0 Å². The fraction of sp³-hybridized carbons (Fsp3) is 0.917. The Hall–Kier alpha value is -0.550. The van der Waals surface area contributed by atoms with Crippen LogP contribution in [0, 0.1) is 22.7 Å². The number of aliphatic hydroxyl groups is 1. The Morgan fingerprint density at radius 3 is 2.43 bits per heavy atom. The number of rotatable bonds is 3. The number of nitrogens with zero attached hydrogens (tertiary/aromatic N) is 1. The van der Waals surface area contributed by atoms with Gasteiger partial charge in [0, 0.05) is 0 Å². The smallest absolute Gasteiger partial charge is 0.0855 e. The van der Waals surface area contributed by atoms with E-state index in [9.17, 15) is 5.11 Å². The minimum atomic E-state index is -0.752. The van der Waals surface area contributed by atoms with Crippen molar-refractivity contribution in [3.8, 4) is 6.07 Å². The molecule has 1 rings (SSSR count). The molecule has 1 N–H and O–H groups in total. The summed E-state index contributed by atoms with van der Waals surface area (Å²) in [6.45, 7) is 6.23. The second kappa shape index (κ2) is 3.90. The summed E-state index contributed by atoms with van der Waals surface area (Å²) < 4.78 is 0. The Bertz CT molecular complexity index is 241. The molecule has 0 aromatic carbocycles. The monoisotopic (exact) mass is 195 g/mol. The standard InChI is InChI=1S/C12H21NO/c1-4-6-10(9-13)12(14)8-5-7-11(12,2)3/h10,14H,4-8H2,1-3H3. The van der Waals surface area contributed by atoms with Crippen molar-refractivity contribution in [1.82, 2.24) is 0 Å². The molecule has 1 saturated carbocycles. The second-order valence-electron chi connectivity index (χ2n) is 5.13. The molecule has 14 heavy (non-hydrogen) atoms. The molecule has 0 amide bonds. The molecule has 2 atom stereocenters. The van der Waals surface area contributed by atoms with Gasteiger partial charge in [0.05, 0.1) is 17.6 Å². The fourth-order valence-electron chi connectivity index (χ4n) is 2.70. The molecule has 80 valence electrons. The predicted molar refractivity (Wildman–Crippen MR) is 56.6 cm³/mol. The van der Waals surface area contributed by atoms with Crippen LogP contribution in [0.2, 0.25) is 0 Å². The average molecular weight is 195 g/mol. The zero-order valence-electron chi connectivity index (χ0n) is 9.51. The molecule has 0 saturated heterocycles. The van der Waals surface area contributed by atoms with Crippen LogP contribution < -0.4 is 0 Å². The lowest BCUT2D eigenvalue weighted by Crippen LogP contribution is -2.46. The molecule has 0 bridgehead atoms. The third-order valence-electron chi connectivity index (χ3n) is 3.84. The van der Waals surface area contributed by atoms with E-state index in [2.05, 4.69) is 26.8 Å². The summed E-state index contributed by atoms with van der Waals surface area (Å²) >= 11 is 0. The maximum Gasteiger partial charge on any atom is 0.0855 e. The van der Waals surface area contributed by atoms with E-state index in [1.165, 1.54) is 0 Å². The van der Waals surface area contributed by atoms with E-state index in [-0.39, 0.29) is 11.3 Å². The quantitative estimate of drug-likeness (QED) is 0.752. The Labute approximate surface area is 86.9 Å². The van der Waals surface area contributed by atoms with Crippen LogP contribution in [-0.2, 0) is 0 Å². The van der Waals surface area contributed by atoms with Crippen LogP contribution in [0.25, 0.3) is 0 Å². The van der Waals surface area contributed by atoms with Gasteiger partial charge in [-0.1, -0.05) is 27.2 Å². The van der Waals surface area contributed by atoms with Crippen molar-refractivity contribution in [3.63, 3.8) is 0 Å². The molecule has 2 heteroatoms. The van der Waals surface area contributed by atoms with Gasteiger partial charge in [-0.05, 0) is 31.1 Å². The Morgan fingerprint density at radius 2 is 2.07 bits per heavy atom. The van der Waals surface area contributed by atoms with Gasteiger partial charge in [0.1, 0.15) is 0 Å². The van der Waals surface area contributed by atoms with Crippen molar-refractivity contribution < 1.29 is 5.11 Å². The van der Waals surface area contributed by atoms with Crippen molar-refractivity contribution in [2.45, 2.75) is 58.5 Å². The molecule has 0 spiro atoms. The number of hydrogen-bond donors (Lipinski definition) is 1. The fourth-order valence-corrected chi connectivity index (χ4v) is 2.70. The topological polar surface area (TPSA) is 44.0 Å². The molecule has 2 unspecified atom stereocenters. The highest BCUT2D eigenvalue weighted by Gasteiger charge is 2.52. The van der Waals surface area contributed by atoms with Gasteiger partial charge in [-0.3, -0.25) is 0 Å². The van der Waals surface area contributed by atoms with Crippen LogP contribution in [0.5, 0.6) is 0 Å². The van der Waals surface area contributed by atoms with Crippen LogP contribution in [0.4, 0.5) is 0 Å². The third kappa shape index (κ3) is 1.66. The van der Waals surface area contributed by atoms with Crippen LogP contribution in [0.3, 0.4) is 0 Å². The summed E-state index contributed by atoms with van der Waals surface area (Å²) in [6, 6.07) is 2.29. The largest absolute Gasteiger partial charge is 0.388 e. The van der Waals surface area contributed by atoms with Gasteiger partial charge >= 0.3 is 0 Å². The first-order valence-corrected chi connectivity index (χ1v) is 5.60. The summed E-state index contributed by atoms with van der Waals surface area (Å²) in [5.74, 6) is -0.190. The van der Waals surface area contributed by atoms with Gasteiger partial charge in [-0.2, -0.15) is 5.26 Å². The summed E-state index contributed by atoms with van der Waals surface area (Å²) in [4.78, 5) is 0. The molecule has 0 aromatic rings. The number of nitriles is 1. The molecule has 2 nitrogen and oxygen atoms in total. The predicted octanol–water partition coefficient (Wildman–Crippen LogP) is 2.87. The lowest BCUT2D eigenvalue weighted by atomic mass is 9.69. The maximum atomic E-state index is 10.6. The molecule has 1 aliphatic carbocycles. The lowest BCUT2D eigenvalue weighted by molar-refractivity contribution is -0.0762. The van der Waals surface area contributed by atoms with E-state index in [4.69, 9.17) is 5.26 Å². The molecular weight excluding hydrogens is 174 g/mol. The normalized spacial score (nSPS) is 32.5. The average Bonchev–Trinajstić information content (AvgIpc) is 2.38. The van der Waals surface area contributed by atoms with Gasteiger partial charge in [0.2, 0.25) is 0 Å². The highest BCUT2D eigenvalue weighted by atomic mass is 16.3. The summed E-state index contributed by atoms with van der Waals surface area (Å²) in [5, 5.41) is 19.7. The Morgan fingerprint density at radius 1 is 1.43 bits per heavy atom. The van der Waals surface area contributed by atoms with E-state index < -0.39 is 5.60 Å². The number of hydrogen-bond acceptors (Lipinski definition) is 2. The van der Waals surface area contributed by atoms with Crippen LogP contribution in [-0.4, -0.2) is 10.7 Å². The zero-order valence-corrected chi connectivity index (χ0v) is 9.51. The SMILES string of the molecule is CCCC(C#N)C1(O)CCCC1(C)C. The molecule has 1 fully saturated rings. The van der Waals surface area contributed by atoms with Crippen molar-refractivity contribution in [2.75, 3.05) is 0 Å². The van der Waals surface area contributed by atoms with Crippen molar-refractivity contribution in [1.29, 1.82) is 5.26 Å². The molecule has 0 aliphatic heterocycles. The Kier molecular flexibility index (Phi) is 3.21. The van der Waals surface area contributed by atoms with Gasteiger partial charge in [0.15, 0.2) is 0 Å². The first-order valence-electron chi connectivity index (χ1n) is 5.60. The first-order chi connectivity index (χ1) is 6.48. The highest BCUT2D eigenvalue weighted by Crippen LogP contribution is 2.50. The van der Waals surface area contributed by atoms with Crippen LogP contribution >= 0.6 is 0 Å². The van der Waals surface area contributed by atoms with Crippen LogP contribution in [0.1, 0.15) is 52.9 Å². The molecule has 0 radical (unpaired) electrons. The summed E-state index contributed by atoms with van der Waals surface area (Å²) in [7, 11) is 0. The zero-order chi connectivity index (χ0) is 10.8. The van der Waals surface area contributed by atoms with Gasteiger partial charge < -0.3 is 5.11 Å². The Balaban J connectivity index is 2.87. The van der Waals surface area contributed by atoms with E-state index >= 15 is 0 Å². The van der Waals surface area contributed by atoms with E-state index in [0.717, 1.165) is 32.1 Å². The van der Waals surface area contributed by atoms with Gasteiger partial charge in [0.25, 0.3) is 0 Å². The van der Waals surface area contributed by atoms with Crippen LogP contribution in [0.15, 0.2) is 0 Å². The summed E-state index contributed by atoms with van der Waals surface area (Å²) in [6.07, 6.45) is 4.65. The van der Waals surface area contributed by atoms with E-state index in [1.54, 1.807) is 0 Å². The second-order valence-corrected chi connectivity index (χ2v) is 5.13. The maximum absolute atomic E-state index is 10.6. The highest BCUT2D eigenvalue weighted by molar-refractivity contribution is 5.08.